The van der Waals surface area contributed by atoms with Gasteiger partial charge in [0.2, 0.25) is 0 Å². The molecule has 124 valence electrons. The molecule has 1 aromatic carbocycles. The smallest absolute Gasteiger partial charge is 0.138 e. The molecule has 6 heteroatoms. The summed E-state index contributed by atoms with van der Waals surface area (Å²) in [6, 6.07) is 8.29. The normalized spacial score (nSPS) is 16.7. The summed E-state index contributed by atoms with van der Waals surface area (Å²) in [6.45, 7) is 5.16. The van der Waals surface area contributed by atoms with E-state index in [0.29, 0.717) is 0 Å². The lowest BCUT2D eigenvalue weighted by atomic mass is 9.96. The molecule has 1 aromatic heterocycles. The third kappa shape index (κ3) is 4.37. The molecule has 0 aliphatic carbocycles. The van der Waals surface area contributed by atoms with Crippen molar-refractivity contribution in [2.75, 3.05) is 32.8 Å². The average Bonchev–Trinajstić information content (AvgIpc) is 3.12. The molecule has 0 unspecified atom stereocenters. The van der Waals surface area contributed by atoms with E-state index in [2.05, 4.69) is 38.5 Å². The Hall–Kier alpha value is -1.76. The minimum Gasteiger partial charge on any atom is -0.395 e. The molecule has 0 radical (unpaired) electrons. The highest BCUT2D eigenvalue weighted by molar-refractivity contribution is 5.39. The van der Waals surface area contributed by atoms with Crippen LogP contribution in [0.5, 0.6) is 0 Å². The summed E-state index contributed by atoms with van der Waals surface area (Å²) in [5.41, 5.74) is 2.31. The number of nitrogens with zero attached hydrogens (tertiary/aromatic N) is 4. The first-order chi connectivity index (χ1) is 11.4. The lowest BCUT2D eigenvalue weighted by Gasteiger charge is -2.31. The Morgan fingerprint density at radius 1 is 1.22 bits per heavy atom. The molecule has 1 aliphatic rings. The highest BCUT2D eigenvalue weighted by atomic mass is 16.3. The zero-order valence-corrected chi connectivity index (χ0v) is 13.4. The fourth-order valence-corrected chi connectivity index (χ4v) is 3.18. The first-order valence-electron chi connectivity index (χ1n) is 8.33. The second kappa shape index (κ2) is 8.19. The third-order valence-corrected chi connectivity index (χ3v) is 4.53. The van der Waals surface area contributed by atoms with Gasteiger partial charge in [-0.2, -0.15) is 5.10 Å². The first-order valence-corrected chi connectivity index (χ1v) is 8.33. The van der Waals surface area contributed by atoms with Gasteiger partial charge in [0, 0.05) is 13.1 Å². The second-order valence-electron chi connectivity index (χ2n) is 6.11. The van der Waals surface area contributed by atoms with E-state index in [9.17, 15) is 0 Å². The van der Waals surface area contributed by atoms with Crippen LogP contribution < -0.4 is 5.32 Å². The monoisotopic (exact) mass is 315 g/mol. The van der Waals surface area contributed by atoms with Gasteiger partial charge >= 0.3 is 0 Å². The van der Waals surface area contributed by atoms with E-state index < -0.39 is 0 Å². The number of aliphatic hydroxyl groups is 1. The Morgan fingerprint density at radius 2 is 2.04 bits per heavy atom. The number of para-hydroxylation sites is 1. The number of aliphatic hydroxyl groups excluding tert-OH is 1. The van der Waals surface area contributed by atoms with Crippen molar-refractivity contribution in [2.24, 2.45) is 5.92 Å². The molecule has 6 nitrogen and oxygen atoms in total. The third-order valence-electron chi connectivity index (χ3n) is 4.53. The molecule has 0 saturated carbocycles. The molecule has 2 N–H and O–H groups in total. The van der Waals surface area contributed by atoms with Crippen LogP contribution in [-0.2, 0) is 6.54 Å². The second-order valence-corrected chi connectivity index (χ2v) is 6.11. The topological polar surface area (TPSA) is 66.2 Å². The van der Waals surface area contributed by atoms with E-state index in [1.807, 2.05) is 10.7 Å². The molecule has 1 aliphatic heterocycles. The van der Waals surface area contributed by atoms with Gasteiger partial charge in [-0.3, -0.25) is 0 Å². The van der Waals surface area contributed by atoms with Crippen LogP contribution in [0.2, 0.25) is 0 Å². The SMILES string of the molecule is OCCN1CCC(CNCc2ccccc2-n2cncn2)CC1. The van der Waals surface area contributed by atoms with E-state index in [4.69, 9.17) is 5.11 Å². The minimum atomic E-state index is 0.266. The van der Waals surface area contributed by atoms with Crippen LogP contribution in [-0.4, -0.2) is 57.6 Å². The molecule has 0 amide bonds. The molecule has 0 atom stereocenters. The van der Waals surface area contributed by atoms with E-state index in [1.165, 1.54) is 18.4 Å². The van der Waals surface area contributed by atoms with Crippen molar-refractivity contribution in [1.29, 1.82) is 0 Å². The van der Waals surface area contributed by atoms with Crippen LogP contribution in [0.1, 0.15) is 18.4 Å². The molecule has 0 bridgehead atoms. The van der Waals surface area contributed by atoms with Crippen molar-refractivity contribution < 1.29 is 5.11 Å². The molecule has 23 heavy (non-hydrogen) atoms. The largest absolute Gasteiger partial charge is 0.395 e. The predicted octanol–water partition coefficient (Wildman–Crippen LogP) is 1.06. The van der Waals surface area contributed by atoms with E-state index >= 15 is 0 Å². The Bertz CT molecular complexity index is 578. The van der Waals surface area contributed by atoms with E-state index in [0.717, 1.165) is 44.3 Å². The van der Waals surface area contributed by atoms with Crippen LogP contribution in [0, 0.1) is 5.92 Å². The number of rotatable bonds is 7. The van der Waals surface area contributed by atoms with Crippen LogP contribution in [0.4, 0.5) is 0 Å². The number of hydrogen-bond donors (Lipinski definition) is 2. The standard InChI is InChI=1S/C17H25N5O/c23-10-9-21-7-5-15(6-8-21)11-18-12-16-3-1-2-4-17(16)22-14-19-13-20-22/h1-4,13-15,18,23H,5-12H2. The summed E-state index contributed by atoms with van der Waals surface area (Å²) in [6.07, 6.45) is 5.70. The molecule has 1 saturated heterocycles. The average molecular weight is 315 g/mol. The maximum atomic E-state index is 8.99. The van der Waals surface area contributed by atoms with Crippen LogP contribution in [0.15, 0.2) is 36.9 Å². The summed E-state index contributed by atoms with van der Waals surface area (Å²) in [7, 11) is 0. The number of piperidine rings is 1. The quantitative estimate of drug-likeness (QED) is 0.800. The van der Waals surface area contributed by atoms with Gasteiger partial charge in [0.05, 0.1) is 12.3 Å². The zero-order chi connectivity index (χ0) is 15.9. The first kappa shape index (κ1) is 16.1. The van der Waals surface area contributed by atoms with Gasteiger partial charge in [0.15, 0.2) is 0 Å². The van der Waals surface area contributed by atoms with Crippen LogP contribution in [0.3, 0.4) is 0 Å². The minimum absolute atomic E-state index is 0.266. The summed E-state index contributed by atoms with van der Waals surface area (Å²) >= 11 is 0. The Morgan fingerprint density at radius 3 is 2.78 bits per heavy atom. The lowest BCUT2D eigenvalue weighted by molar-refractivity contribution is 0.146. The van der Waals surface area contributed by atoms with Gasteiger partial charge in [-0.1, -0.05) is 18.2 Å². The van der Waals surface area contributed by atoms with Crippen molar-refractivity contribution in [3.63, 3.8) is 0 Å². The molecular formula is C17H25N5O. The highest BCUT2D eigenvalue weighted by Gasteiger charge is 2.18. The fourth-order valence-electron chi connectivity index (χ4n) is 3.18. The molecular weight excluding hydrogens is 290 g/mol. The summed E-state index contributed by atoms with van der Waals surface area (Å²) in [5.74, 6) is 0.725. The zero-order valence-electron chi connectivity index (χ0n) is 13.4. The Kier molecular flexibility index (Phi) is 5.74. The van der Waals surface area contributed by atoms with E-state index in [-0.39, 0.29) is 6.61 Å². The molecule has 2 aromatic rings. The number of benzene rings is 1. The van der Waals surface area contributed by atoms with Crippen LogP contribution >= 0.6 is 0 Å². The maximum absolute atomic E-state index is 8.99. The number of hydrogen-bond acceptors (Lipinski definition) is 5. The molecule has 1 fully saturated rings. The summed E-state index contributed by atoms with van der Waals surface area (Å²) < 4.78 is 1.81. The van der Waals surface area contributed by atoms with E-state index in [1.54, 1.807) is 12.7 Å². The molecule has 0 spiro atoms. The van der Waals surface area contributed by atoms with Crippen molar-refractivity contribution in [1.82, 2.24) is 25.0 Å². The number of likely N-dealkylation sites (tertiary alicyclic amines) is 1. The van der Waals surface area contributed by atoms with Gasteiger partial charge in [0.1, 0.15) is 12.7 Å². The van der Waals surface area contributed by atoms with Gasteiger partial charge < -0.3 is 15.3 Å². The number of aromatic nitrogens is 3. The van der Waals surface area contributed by atoms with Gasteiger partial charge in [-0.05, 0) is 50.0 Å². The molecule has 2 heterocycles. The number of β-amino-alcohol motifs (C(OH)–C–C–N with tert-alkyl or cyclic N) is 1. The van der Waals surface area contributed by atoms with Crippen molar-refractivity contribution >= 4 is 0 Å². The predicted molar refractivity (Wildman–Crippen MR) is 89.3 cm³/mol. The van der Waals surface area contributed by atoms with Gasteiger partial charge in [-0.15, -0.1) is 0 Å². The Labute approximate surface area is 137 Å². The summed E-state index contributed by atoms with van der Waals surface area (Å²) in [4.78, 5) is 6.37. The highest BCUT2D eigenvalue weighted by Crippen LogP contribution is 2.17. The fraction of sp³-hybridized carbons (Fsp3) is 0.529. The number of nitrogens with one attached hydrogen (secondary N) is 1. The molecule has 3 rings (SSSR count). The summed E-state index contributed by atoms with van der Waals surface area (Å²) in [5, 5.41) is 16.8. The maximum Gasteiger partial charge on any atom is 0.138 e. The van der Waals surface area contributed by atoms with Crippen molar-refractivity contribution in [2.45, 2.75) is 19.4 Å². The Balaban J connectivity index is 1.48. The van der Waals surface area contributed by atoms with Crippen molar-refractivity contribution in [3.05, 3.63) is 42.5 Å². The van der Waals surface area contributed by atoms with Crippen molar-refractivity contribution in [3.8, 4) is 5.69 Å². The van der Waals surface area contributed by atoms with Crippen LogP contribution in [0.25, 0.3) is 5.69 Å². The van der Waals surface area contributed by atoms with Gasteiger partial charge in [0.25, 0.3) is 0 Å². The lowest BCUT2D eigenvalue weighted by Crippen LogP contribution is -2.38. The van der Waals surface area contributed by atoms with Gasteiger partial charge in [-0.25, -0.2) is 9.67 Å².